The number of aliphatic hydroxyl groups excluding tert-OH is 1. The van der Waals surface area contributed by atoms with Crippen molar-refractivity contribution < 1.29 is 18.3 Å². The summed E-state index contributed by atoms with van der Waals surface area (Å²) in [5, 5.41) is 20.5. The summed E-state index contributed by atoms with van der Waals surface area (Å²) in [5.41, 5.74) is -0.856. The number of nitrogens with zero attached hydrogens (tertiary/aromatic N) is 1. The monoisotopic (exact) mass is 272 g/mol. The Hall–Kier alpha value is -1.74. The Balaban J connectivity index is 2.87. The predicted molar refractivity (Wildman–Crippen MR) is 65.6 cm³/mol. The second kappa shape index (κ2) is 6.43. The van der Waals surface area contributed by atoms with E-state index in [0.717, 1.165) is 6.07 Å². The van der Waals surface area contributed by atoms with Gasteiger partial charge in [0.15, 0.2) is 0 Å². The van der Waals surface area contributed by atoms with Crippen LogP contribution >= 0.6 is 0 Å². The third-order valence-corrected chi connectivity index (χ3v) is 2.65. The van der Waals surface area contributed by atoms with Crippen molar-refractivity contribution in [1.82, 2.24) is 0 Å². The van der Waals surface area contributed by atoms with E-state index >= 15 is 0 Å². The third-order valence-electron chi connectivity index (χ3n) is 2.65. The molecule has 0 saturated carbocycles. The Morgan fingerprint density at radius 1 is 1.42 bits per heavy atom. The van der Waals surface area contributed by atoms with Crippen LogP contribution < -0.4 is 5.32 Å². The summed E-state index contributed by atoms with van der Waals surface area (Å²) in [6, 6.07) is 4.97. The molecular formula is C13H15F3N2O. The highest BCUT2D eigenvalue weighted by molar-refractivity contribution is 5.54. The molecule has 1 unspecified atom stereocenters. The average Bonchev–Trinajstić information content (AvgIpc) is 2.34. The molecule has 19 heavy (non-hydrogen) atoms. The van der Waals surface area contributed by atoms with Crippen LogP contribution in [0.25, 0.3) is 0 Å². The van der Waals surface area contributed by atoms with Crippen LogP contribution in [0, 0.1) is 11.3 Å². The number of nitriles is 1. The number of aliphatic hydroxyl groups is 1. The van der Waals surface area contributed by atoms with Gasteiger partial charge in [0.25, 0.3) is 0 Å². The predicted octanol–water partition coefficient (Wildman–Crippen LogP) is 3.15. The van der Waals surface area contributed by atoms with Gasteiger partial charge >= 0.3 is 6.18 Å². The number of rotatable bonds is 5. The normalized spacial score (nSPS) is 12.8. The van der Waals surface area contributed by atoms with Crippen molar-refractivity contribution in [1.29, 1.82) is 5.26 Å². The minimum Gasteiger partial charge on any atom is -0.396 e. The molecule has 0 saturated heterocycles. The van der Waals surface area contributed by atoms with E-state index in [1.807, 2.05) is 6.92 Å². The Kier molecular flexibility index (Phi) is 5.19. The van der Waals surface area contributed by atoms with Crippen molar-refractivity contribution >= 4 is 5.69 Å². The van der Waals surface area contributed by atoms with E-state index in [1.165, 1.54) is 12.1 Å². The molecule has 1 rings (SSSR count). The summed E-state index contributed by atoms with van der Waals surface area (Å²) in [4.78, 5) is 0. The van der Waals surface area contributed by atoms with Gasteiger partial charge in [0, 0.05) is 18.3 Å². The first-order valence-corrected chi connectivity index (χ1v) is 5.87. The Labute approximate surface area is 109 Å². The summed E-state index contributed by atoms with van der Waals surface area (Å²) < 4.78 is 37.8. The molecule has 0 aromatic heterocycles. The van der Waals surface area contributed by atoms with Gasteiger partial charge in [0.05, 0.1) is 17.2 Å². The molecule has 0 aliphatic carbocycles. The molecule has 0 spiro atoms. The Morgan fingerprint density at radius 3 is 2.63 bits per heavy atom. The summed E-state index contributed by atoms with van der Waals surface area (Å²) >= 11 is 0. The standard InChI is InChI=1S/C13H15F3N2O/c1-9(3-2-6-19)18-11-4-5-12(13(14,15)16)10(7-11)8-17/h4-5,7,9,18-19H,2-3,6H2,1H3. The average molecular weight is 272 g/mol. The van der Waals surface area contributed by atoms with Crippen LogP contribution in [0.5, 0.6) is 0 Å². The maximum absolute atomic E-state index is 12.6. The van der Waals surface area contributed by atoms with Crippen molar-refractivity contribution in [3.05, 3.63) is 29.3 Å². The van der Waals surface area contributed by atoms with Gasteiger partial charge in [-0.2, -0.15) is 18.4 Å². The Morgan fingerprint density at radius 2 is 2.11 bits per heavy atom. The smallest absolute Gasteiger partial charge is 0.396 e. The van der Waals surface area contributed by atoms with Crippen molar-refractivity contribution in [3.8, 4) is 6.07 Å². The molecule has 104 valence electrons. The molecule has 6 heteroatoms. The van der Waals surface area contributed by atoms with Gasteiger partial charge in [-0.05, 0) is 38.0 Å². The topological polar surface area (TPSA) is 56.0 Å². The van der Waals surface area contributed by atoms with Gasteiger partial charge in [-0.25, -0.2) is 0 Å². The lowest BCUT2D eigenvalue weighted by Gasteiger charge is -2.16. The van der Waals surface area contributed by atoms with Crippen LogP contribution in [0.2, 0.25) is 0 Å². The molecule has 3 nitrogen and oxygen atoms in total. The van der Waals surface area contributed by atoms with Crippen molar-refractivity contribution in [2.24, 2.45) is 0 Å². The molecule has 1 aromatic carbocycles. The van der Waals surface area contributed by atoms with Crippen molar-refractivity contribution in [3.63, 3.8) is 0 Å². The van der Waals surface area contributed by atoms with E-state index in [9.17, 15) is 13.2 Å². The highest BCUT2D eigenvalue weighted by atomic mass is 19.4. The van der Waals surface area contributed by atoms with Gasteiger partial charge < -0.3 is 10.4 Å². The summed E-state index contributed by atoms with van der Waals surface area (Å²) in [5.74, 6) is 0. The molecule has 0 aliphatic rings. The second-order valence-electron chi connectivity index (χ2n) is 4.28. The summed E-state index contributed by atoms with van der Waals surface area (Å²) in [6.45, 7) is 1.93. The summed E-state index contributed by atoms with van der Waals surface area (Å²) in [7, 11) is 0. The zero-order valence-electron chi connectivity index (χ0n) is 10.5. The maximum atomic E-state index is 12.6. The zero-order chi connectivity index (χ0) is 14.5. The lowest BCUT2D eigenvalue weighted by Crippen LogP contribution is -2.16. The molecule has 0 bridgehead atoms. The number of halogens is 3. The first-order valence-electron chi connectivity index (χ1n) is 5.87. The van der Waals surface area contributed by atoms with E-state index in [0.29, 0.717) is 18.5 Å². The minimum atomic E-state index is -4.52. The van der Waals surface area contributed by atoms with Gasteiger partial charge in [-0.15, -0.1) is 0 Å². The van der Waals surface area contributed by atoms with Crippen molar-refractivity contribution in [2.45, 2.75) is 32.0 Å². The third kappa shape index (κ3) is 4.45. The fourth-order valence-corrected chi connectivity index (χ4v) is 1.73. The molecule has 2 N–H and O–H groups in total. The van der Waals surface area contributed by atoms with E-state index in [-0.39, 0.29) is 12.6 Å². The molecule has 1 atom stereocenters. The molecular weight excluding hydrogens is 257 g/mol. The van der Waals surface area contributed by atoms with E-state index < -0.39 is 17.3 Å². The molecule has 0 heterocycles. The zero-order valence-corrected chi connectivity index (χ0v) is 10.5. The van der Waals surface area contributed by atoms with E-state index in [2.05, 4.69) is 5.32 Å². The minimum absolute atomic E-state index is 0.00966. The highest BCUT2D eigenvalue weighted by Gasteiger charge is 2.33. The number of hydrogen-bond acceptors (Lipinski definition) is 3. The fourth-order valence-electron chi connectivity index (χ4n) is 1.73. The largest absolute Gasteiger partial charge is 0.417 e. The summed E-state index contributed by atoms with van der Waals surface area (Å²) in [6.07, 6.45) is -3.22. The molecule has 0 aliphatic heterocycles. The van der Waals surface area contributed by atoms with E-state index in [1.54, 1.807) is 6.07 Å². The number of alkyl halides is 3. The van der Waals surface area contributed by atoms with Crippen molar-refractivity contribution in [2.75, 3.05) is 11.9 Å². The first-order chi connectivity index (χ1) is 8.88. The first kappa shape index (κ1) is 15.3. The van der Waals surface area contributed by atoms with Crippen LogP contribution in [0.4, 0.5) is 18.9 Å². The van der Waals surface area contributed by atoms with Gasteiger partial charge in [0.2, 0.25) is 0 Å². The quantitative estimate of drug-likeness (QED) is 0.865. The number of benzene rings is 1. The van der Waals surface area contributed by atoms with Crippen LogP contribution in [0.3, 0.4) is 0 Å². The lowest BCUT2D eigenvalue weighted by atomic mass is 10.1. The number of anilines is 1. The lowest BCUT2D eigenvalue weighted by molar-refractivity contribution is -0.137. The molecule has 0 fully saturated rings. The van der Waals surface area contributed by atoms with Gasteiger partial charge in [-0.3, -0.25) is 0 Å². The molecule has 0 amide bonds. The van der Waals surface area contributed by atoms with Crippen LogP contribution in [0.1, 0.15) is 30.9 Å². The van der Waals surface area contributed by atoms with Crippen LogP contribution in [-0.2, 0) is 6.18 Å². The number of hydrogen-bond donors (Lipinski definition) is 2. The van der Waals surface area contributed by atoms with Gasteiger partial charge in [-0.1, -0.05) is 0 Å². The maximum Gasteiger partial charge on any atom is 0.417 e. The second-order valence-corrected chi connectivity index (χ2v) is 4.28. The highest BCUT2D eigenvalue weighted by Crippen LogP contribution is 2.33. The van der Waals surface area contributed by atoms with E-state index in [4.69, 9.17) is 10.4 Å². The molecule has 1 aromatic rings. The Bertz CT molecular complexity index is 466. The van der Waals surface area contributed by atoms with Crippen LogP contribution in [-0.4, -0.2) is 17.8 Å². The van der Waals surface area contributed by atoms with Gasteiger partial charge in [0.1, 0.15) is 0 Å². The SMILES string of the molecule is CC(CCCO)Nc1ccc(C(F)(F)F)c(C#N)c1. The molecule has 0 radical (unpaired) electrons. The van der Waals surface area contributed by atoms with Crippen LogP contribution in [0.15, 0.2) is 18.2 Å². The number of nitrogens with one attached hydrogen (secondary N) is 1. The fraction of sp³-hybridized carbons (Fsp3) is 0.462.